The van der Waals surface area contributed by atoms with E-state index in [9.17, 15) is 14.4 Å². The highest BCUT2D eigenvalue weighted by molar-refractivity contribution is 5.94. The van der Waals surface area contributed by atoms with Crippen molar-refractivity contribution in [3.05, 3.63) is 65.2 Å². The topological polar surface area (TPSA) is 66.9 Å². The number of nitrogens with zero attached hydrogens (tertiary/aromatic N) is 2. The molecule has 2 amide bonds. The summed E-state index contributed by atoms with van der Waals surface area (Å²) in [5.74, 6) is -0.0990. The molecular weight excluding hydrogens is 368 g/mol. The minimum atomic E-state index is -0.424. The Morgan fingerprint density at radius 1 is 0.931 bits per heavy atom. The van der Waals surface area contributed by atoms with Crippen LogP contribution in [-0.4, -0.2) is 53.8 Å². The summed E-state index contributed by atoms with van der Waals surface area (Å²) in [7, 11) is 0. The Balaban J connectivity index is 1.62. The summed E-state index contributed by atoms with van der Waals surface area (Å²) in [5, 5.41) is 0. The maximum absolute atomic E-state index is 12.9. The zero-order chi connectivity index (χ0) is 20.8. The fourth-order valence-electron chi connectivity index (χ4n) is 3.49. The number of esters is 1. The number of carbonyl (C=O) groups excluding carboxylic acids is 3. The van der Waals surface area contributed by atoms with Gasteiger partial charge in [0.15, 0.2) is 0 Å². The van der Waals surface area contributed by atoms with Gasteiger partial charge in [0.1, 0.15) is 5.75 Å². The van der Waals surface area contributed by atoms with Gasteiger partial charge >= 0.3 is 5.97 Å². The lowest BCUT2D eigenvalue weighted by Crippen LogP contribution is -2.38. The summed E-state index contributed by atoms with van der Waals surface area (Å²) < 4.78 is 5.07. The standard InChI is InChI=1S/C23H26N2O4/c1-17-7-3-4-8-19(17)16-22(27)24-11-6-12-25(14-13-24)23(28)20-9-5-10-21(15-20)29-18(2)26/h3-5,7-10,15H,6,11-14,16H2,1-2H3. The average Bonchev–Trinajstić information content (AvgIpc) is 2.95. The third-order valence-corrected chi connectivity index (χ3v) is 5.08. The van der Waals surface area contributed by atoms with E-state index < -0.39 is 5.97 Å². The van der Waals surface area contributed by atoms with Crippen LogP contribution < -0.4 is 4.74 Å². The molecule has 2 aromatic carbocycles. The van der Waals surface area contributed by atoms with Gasteiger partial charge in [-0.3, -0.25) is 14.4 Å². The van der Waals surface area contributed by atoms with Gasteiger partial charge in [-0.2, -0.15) is 0 Å². The second-order valence-electron chi connectivity index (χ2n) is 7.25. The van der Waals surface area contributed by atoms with E-state index in [4.69, 9.17) is 4.74 Å². The Bertz CT molecular complexity index is 909. The van der Waals surface area contributed by atoms with Crippen LogP contribution in [0.1, 0.15) is 34.8 Å². The lowest BCUT2D eigenvalue weighted by molar-refractivity contribution is -0.132. The Labute approximate surface area is 171 Å². The van der Waals surface area contributed by atoms with Crippen molar-refractivity contribution >= 4 is 17.8 Å². The van der Waals surface area contributed by atoms with Crippen molar-refractivity contribution < 1.29 is 19.1 Å². The van der Waals surface area contributed by atoms with Crippen LogP contribution in [-0.2, 0) is 16.0 Å². The number of ether oxygens (including phenoxy) is 1. The number of benzene rings is 2. The second-order valence-corrected chi connectivity index (χ2v) is 7.25. The van der Waals surface area contributed by atoms with Crippen LogP contribution in [0.3, 0.4) is 0 Å². The van der Waals surface area contributed by atoms with E-state index in [-0.39, 0.29) is 11.8 Å². The van der Waals surface area contributed by atoms with E-state index in [2.05, 4.69) is 0 Å². The summed E-state index contributed by atoms with van der Waals surface area (Å²) in [4.78, 5) is 40.4. The summed E-state index contributed by atoms with van der Waals surface area (Å²) in [6, 6.07) is 14.5. The predicted molar refractivity (Wildman–Crippen MR) is 110 cm³/mol. The molecule has 1 saturated heterocycles. The fourth-order valence-corrected chi connectivity index (χ4v) is 3.49. The number of amides is 2. The highest BCUT2D eigenvalue weighted by atomic mass is 16.5. The first kappa shape index (κ1) is 20.6. The smallest absolute Gasteiger partial charge is 0.308 e. The van der Waals surface area contributed by atoms with Gasteiger partial charge in [-0.1, -0.05) is 30.3 Å². The van der Waals surface area contributed by atoms with Crippen LogP contribution >= 0.6 is 0 Å². The summed E-state index contributed by atoms with van der Waals surface area (Å²) in [6.45, 7) is 5.56. The van der Waals surface area contributed by atoms with Gasteiger partial charge in [-0.15, -0.1) is 0 Å². The molecule has 2 aromatic rings. The zero-order valence-electron chi connectivity index (χ0n) is 16.9. The van der Waals surface area contributed by atoms with E-state index >= 15 is 0 Å². The molecular formula is C23H26N2O4. The van der Waals surface area contributed by atoms with E-state index in [1.807, 2.05) is 36.1 Å². The quantitative estimate of drug-likeness (QED) is 0.591. The number of aryl methyl sites for hydroxylation is 1. The number of hydrogen-bond donors (Lipinski definition) is 0. The van der Waals surface area contributed by atoms with Crippen LogP contribution in [0.4, 0.5) is 0 Å². The number of carbonyl (C=O) groups is 3. The third-order valence-electron chi connectivity index (χ3n) is 5.08. The van der Waals surface area contributed by atoms with Gasteiger partial charge in [0.2, 0.25) is 5.91 Å². The Morgan fingerprint density at radius 2 is 1.66 bits per heavy atom. The lowest BCUT2D eigenvalue weighted by atomic mass is 10.1. The summed E-state index contributed by atoms with van der Waals surface area (Å²) >= 11 is 0. The molecule has 0 atom stereocenters. The maximum atomic E-state index is 12.9. The van der Waals surface area contributed by atoms with E-state index in [0.717, 1.165) is 17.5 Å². The molecule has 3 rings (SSSR count). The molecule has 29 heavy (non-hydrogen) atoms. The van der Waals surface area contributed by atoms with Crippen molar-refractivity contribution in [2.45, 2.75) is 26.7 Å². The van der Waals surface area contributed by atoms with E-state index in [1.165, 1.54) is 6.92 Å². The third kappa shape index (κ3) is 5.44. The van der Waals surface area contributed by atoms with Crippen LogP contribution in [0.2, 0.25) is 0 Å². The first-order valence-corrected chi connectivity index (χ1v) is 9.84. The molecule has 0 unspecified atom stereocenters. The maximum Gasteiger partial charge on any atom is 0.308 e. The average molecular weight is 394 g/mol. The van der Waals surface area contributed by atoms with Crippen LogP contribution in [0.5, 0.6) is 5.75 Å². The highest BCUT2D eigenvalue weighted by Gasteiger charge is 2.23. The largest absolute Gasteiger partial charge is 0.427 e. The number of rotatable bonds is 4. The molecule has 1 fully saturated rings. The fraction of sp³-hybridized carbons (Fsp3) is 0.348. The molecule has 6 heteroatoms. The molecule has 0 N–H and O–H groups in total. The predicted octanol–water partition coefficient (Wildman–Crippen LogP) is 2.84. The molecule has 6 nitrogen and oxygen atoms in total. The van der Waals surface area contributed by atoms with Gasteiger partial charge in [-0.05, 0) is 42.7 Å². The molecule has 1 heterocycles. The molecule has 0 aromatic heterocycles. The van der Waals surface area contributed by atoms with Gasteiger partial charge < -0.3 is 14.5 Å². The molecule has 1 aliphatic rings. The van der Waals surface area contributed by atoms with Gasteiger partial charge in [0.25, 0.3) is 5.91 Å². The van der Waals surface area contributed by atoms with Crippen molar-refractivity contribution in [3.63, 3.8) is 0 Å². The normalized spacial score (nSPS) is 14.3. The van der Waals surface area contributed by atoms with Crippen molar-refractivity contribution in [1.82, 2.24) is 9.80 Å². The Kier molecular flexibility index (Phi) is 6.65. The second kappa shape index (κ2) is 9.37. The highest BCUT2D eigenvalue weighted by Crippen LogP contribution is 2.17. The van der Waals surface area contributed by atoms with Crippen LogP contribution in [0.15, 0.2) is 48.5 Å². The van der Waals surface area contributed by atoms with Gasteiger partial charge in [-0.25, -0.2) is 0 Å². The van der Waals surface area contributed by atoms with Crippen molar-refractivity contribution in [3.8, 4) is 5.75 Å². The van der Waals surface area contributed by atoms with E-state index in [0.29, 0.717) is 43.9 Å². The Morgan fingerprint density at radius 3 is 2.41 bits per heavy atom. The monoisotopic (exact) mass is 394 g/mol. The van der Waals surface area contributed by atoms with Crippen molar-refractivity contribution in [1.29, 1.82) is 0 Å². The Hall–Kier alpha value is -3.15. The van der Waals surface area contributed by atoms with Gasteiger partial charge in [0.05, 0.1) is 6.42 Å². The summed E-state index contributed by atoms with van der Waals surface area (Å²) in [6.07, 6.45) is 1.11. The van der Waals surface area contributed by atoms with E-state index in [1.54, 1.807) is 29.2 Å². The first-order valence-electron chi connectivity index (χ1n) is 9.84. The summed E-state index contributed by atoms with van der Waals surface area (Å²) in [5.41, 5.74) is 2.63. The lowest BCUT2D eigenvalue weighted by Gasteiger charge is -2.22. The first-order chi connectivity index (χ1) is 13.9. The number of hydrogen-bond acceptors (Lipinski definition) is 4. The zero-order valence-corrected chi connectivity index (χ0v) is 16.9. The molecule has 0 spiro atoms. The van der Waals surface area contributed by atoms with Crippen molar-refractivity contribution in [2.24, 2.45) is 0 Å². The molecule has 0 aliphatic carbocycles. The van der Waals surface area contributed by atoms with Crippen molar-refractivity contribution in [2.75, 3.05) is 26.2 Å². The molecule has 152 valence electrons. The minimum Gasteiger partial charge on any atom is -0.427 e. The SMILES string of the molecule is CC(=O)Oc1cccc(C(=O)N2CCCN(C(=O)Cc3ccccc3C)CC2)c1. The van der Waals surface area contributed by atoms with Gasteiger partial charge in [0, 0.05) is 38.7 Å². The van der Waals surface area contributed by atoms with Crippen LogP contribution in [0, 0.1) is 6.92 Å². The van der Waals surface area contributed by atoms with Crippen LogP contribution in [0.25, 0.3) is 0 Å². The molecule has 0 bridgehead atoms. The molecule has 0 radical (unpaired) electrons. The molecule has 0 saturated carbocycles. The molecule has 1 aliphatic heterocycles. The minimum absolute atomic E-state index is 0.0884.